The number of rotatable bonds is 1. The normalized spacial score (nSPS) is 11.0. The molecule has 68 valence electrons. The smallest absolute Gasteiger partial charge is 0.141 e. The predicted molar refractivity (Wildman–Crippen MR) is 63.9 cm³/mol. The number of hydrogen-bond donors (Lipinski definition) is 0. The topological polar surface area (TPSA) is 0 Å². The van der Waals surface area contributed by atoms with Gasteiger partial charge in [-0.2, -0.15) is 0 Å². The zero-order valence-corrected chi connectivity index (χ0v) is 10.1. The average molecular weight is 306 g/mol. The fourth-order valence-corrected chi connectivity index (χ4v) is 3.22. The van der Waals surface area contributed by atoms with Crippen LogP contribution in [0.2, 0.25) is 0 Å². The van der Waals surface area contributed by atoms with Crippen molar-refractivity contribution in [2.75, 3.05) is 0 Å². The van der Waals surface area contributed by atoms with E-state index in [1.165, 1.54) is 20.5 Å². The number of hydrogen-bond acceptors (Lipinski definition) is 1. The van der Waals surface area contributed by atoms with Crippen LogP contribution >= 0.6 is 33.9 Å². The van der Waals surface area contributed by atoms with Crippen LogP contribution < -0.4 is 0 Å². The van der Waals surface area contributed by atoms with Crippen molar-refractivity contribution in [1.29, 1.82) is 0 Å². The Morgan fingerprint density at radius 2 is 2.23 bits per heavy atom. The molecule has 0 bridgehead atoms. The highest BCUT2D eigenvalue weighted by molar-refractivity contribution is 14.1. The highest BCUT2D eigenvalue weighted by atomic mass is 127. The van der Waals surface area contributed by atoms with E-state index in [9.17, 15) is 4.39 Å². The summed E-state index contributed by atoms with van der Waals surface area (Å²) in [5.41, 5.74) is 1.23. The van der Waals surface area contributed by atoms with E-state index in [-0.39, 0.29) is 5.82 Å². The molecule has 2 rings (SSSR count). The van der Waals surface area contributed by atoms with Gasteiger partial charge in [-0.25, -0.2) is 4.39 Å². The van der Waals surface area contributed by atoms with Gasteiger partial charge >= 0.3 is 0 Å². The molecule has 0 aliphatic rings. The number of thiophene rings is 1. The van der Waals surface area contributed by atoms with Gasteiger partial charge in [-0.3, -0.25) is 0 Å². The molecule has 0 aliphatic carbocycles. The molecule has 0 spiro atoms. The molecule has 0 atom stereocenters. The average Bonchev–Trinajstić information content (AvgIpc) is 2.46. The van der Waals surface area contributed by atoms with Crippen molar-refractivity contribution < 1.29 is 4.39 Å². The van der Waals surface area contributed by atoms with E-state index >= 15 is 0 Å². The van der Waals surface area contributed by atoms with Crippen molar-refractivity contribution in [3.63, 3.8) is 0 Å². The van der Waals surface area contributed by atoms with Gasteiger partial charge in [0.15, 0.2) is 0 Å². The van der Waals surface area contributed by atoms with Crippen LogP contribution in [0.1, 0.15) is 12.5 Å². The Kier molecular flexibility index (Phi) is 2.55. The molecule has 2 aromatic rings. The van der Waals surface area contributed by atoms with Crippen molar-refractivity contribution >= 4 is 44.0 Å². The standard InChI is InChI=1S/C10H8FIS/c1-2-6-3-7-8(11)5-13-10(7)4-9(6)12/h3-5H,2H2,1H3. The van der Waals surface area contributed by atoms with E-state index in [2.05, 4.69) is 35.6 Å². The van der Waals surface area contributed by atoms with Crippen LogP contribution in [0.25, 0.3) is 10.1 Å². The molecule has 0 N–H and O–H groups in total. The number of halogens is 2. The second-order valence-electron chi connectivity index (χ2n) is 2.88. The van der Waals surface area contributed by atoms with E-state index < -0.39 is 0 Å². The van der Waals surface area contributed by atoms with Gasteiger partial charge in [0.2, 0.25) is 0 Å². The van der Waals surface area contributed by atoms with Crippen molar-refractivity contribution in [2.24, 2.45) is 0 Å². The molecule has 0 nitrogen and oxygen atoms in total. The molecule has 1 heterocycles. The maximum absolute atomic E-state index is 13.2. The van der Waals surface area contributed by atoms with Crippen molar-refractivity contribution in [2.45, 2.75) is 13.3 Å². The summed E-state index contributed by atoms with van der Waals surface area (Å²) in [4.78, 5) is 0. The van der Waals surface area contributed by atoms with Gasteiger partial charge < -0.3 is 0 Å². The van der Waals surface area contributed by atoms with Gasteiger partial charge in [0.05, 0.1) is 0 Å². The SMILES string of the molecule is CCc1cc2c(F)csc2cc1I. The predicted octanol–water partition coefficient (Wildman–Crippen LogP) is 4.21. The van der Waals surface area contributed by atoms with Crippen LogP contribution in [0.4, 0.5) is 4.39 Å². The first kappa shape index (κ1) is 9.40. The van der Waals surface area contributed by atoms with Crippen molar-refractivity contribution in [3.05, 3.63) is 32.5 Å². The van der Waals surface area contributed by atoms with Crippen LogP contribution in [0.5, 0.6) is 0 Å². The first-order chi connectivity index (χ1) is 6.22. The molecule has 1 aromatic carbocycles. The summed E-state index contributed by atoms with van der Waals surface area (Å²) in [6.07, 6.45) is 0.962. The highest BCUT2D eigenvalue weighted by Gasteiger charge is 2.06. The lowest BCUT2D eigenvalue weighted by molar-refractivity contribution is 0.644. The number of fused-ring (bicyclic) bond motifs is 1. The Morgan fingerprint density at radius 1 is 1.46 bits per heavy atom. The van der Waals surface area contributed by atoms with Gasteiger partial charge in [-0.1, -0.05) is 6.92 Å². The van der Waals surface area contributed by atoms with Gasteiger partial charge in [0.25, 0.3) is 0 Å². The van der Waals surface area contributed by atoms with Crippen LogP contribution in [0.3, 0.4) is 0 Å². The van der Waals surface area contributed by atoms with Crippen LogP contribution in [0, 0.1) is 9.39 Å². The molecule has 1 aromatic heterocycles. The molecule has 0 radical (unpaired) electrons. The molecule has 0 amide bonds. The highest BCUT2D eigenvalue weighted by Crippen LogP contribution is 2.28. The van der Waals surface area contributed by atoms with Gasteiger partial charge in [-0.05, 0) is 46.7 Å². The van der Waals surface area contributed by atoms with E-state index in [1.54, 1.807) is 5.38 Å². The lowest BCUT2D eigenvalue weighted by Gasteiger charge is -2.00. The largest absolute Gasteiger partial charge is 0.205 e. The molecule has 0 saturated carbocycles. The minimum absolute atomic E-state index is 0.0916. The van der Waals surface area contributed by atoms with Gasteiger partial charge in [-0.15, -0.1) is 11.3 Å². The van der Waals surface area contributed by atoms with E-state index in [4.69, 9.17) is 0 Å². The summed E-state index contributed by atoms with van der Waals surface area (Å²) < 4.78 is 15.5. The maximum Gasteiger partial charge on any atom is 0.141 e. The van der Waals surface area contributed by atoms with Crippen molar-refractivity contribution in [1.82, 2.24) is 0 Å². The minimum Gasteiger partial charge on any atom is -0.205 e. The second-order valence-corrected chi connectivity index (χ2v) is 4.95. The van der Waals surface area contributed by atoms with E-state index in [1.807, 2.05) is 6.07 Å². The summed E-state index contributed by atoms with van der Waals surface area (Å²) in [6.45, 7) is 2.09. The summed E-state index contributed by atoms with van der Waals surface area (Å²) >= 11 is 3.77. The minimum atomic E-state index is -0.0916. The van der Waals surface area contributed by atoms with Crippen LogP contribution in [-0.4, -0.2) is 0 Å². The zero-order valence-electron chi connectivity index (χ0n) is 7.10. The molecule has 13 heavy (non-hydrogen) atoms. The summed E-state index contributed by atoms with van der Waals surface area (Å²) in [6, 6.07) is 4.02. The van der Waals surface area contributed by atoms with Gasteiger partial charge in [0, 0.05) is 19.0 Å². The summed E-state index contributed by atoms with van der Waals surface area (Å²) in [5, 5.41) is 2.34. The van der Waals surface area contributed by atoms with E-state index in [0.29, 0.717) is 0 Å². The Balaban J connectivity index is 2.77. The fraction of sp³-hybridized carbons (Fsp3) is 0.200. The third kappa shape index (κ3) is 1.59. The quantitative estimate of drug-likeness (QED) is 0.692. The zero-order chi connectivity index (χ0) is 9.42. The Labute approximate surface area is 93.9 Å². The molecule has 0 unspecified atom stereocenters. The first-order valence-electron chi connectivity index (χ1n) is 4.07. The Morgan fingerprint density at radius 3 is 2.92 bits per heavy atom. The first-order valence-corrected chi connectivity index (χ1v) is 6.03. The fourth-order valence-electron chi connectivity index (χ4n) is 1.33. The molecular weight excluding hydrogens is 298 g/mol. The van der Waals surface area contributed by atoms with E-state index in [0.717, 1.165) is 16.5 Å². The Hall–Kier alpha value is -0.160. The second kappa shape index (κ2) is 3.53. The molecule has 0 saturated heterocycles. The summed E-state index contributed by atoms with van der Waals surface area (Å²) in [5.74, 6) is -0.0916. The molecule has 0 aliphatic heterocycles. The number of benzene rings is 1. The van der Waals surface area contributed by atoms with Crippen LogP contribution in [-0.2, 0) is 6.42 Å². The van der Waals surface area contributed by atoms with Gasteiger partial charge in [0.1, 0.15) is 5.82 Å². The lowest BCUT2D eigenvalue weighted by Crippen LogP contribution is -1.85. The number of aryl methyl sites for hydroxylation is 1. The molecular formula is C10H8FIS. The third-order valence-corrected chi connectivity index (χ3v) is 4.00. The third-order valence-electron chi connectivity index (χ3n) is 2.08. The monoisotopic (exact) mass is 306 g/mol. The maximum atomic E-state index is 13.2. The van der Waals surface area contributed by atoms with Crippen LogP contribution in [0.15, 0.2) is 17.5 Å². The Bertz CT molecular complexity index is 447. The summed E-state index contributed by atoms with van der Waals surface area (Å²) in [7, 11) is 0. The van der Waals surface area contributed by atoms with Crippen molar-refractivity contribution in [3.8, 4) is 0 Å². The molecule has 3 heteroatoms. The molecule has 0 fully saturated rings. The lowest BCUT2D eigenvalue weighted by atomic mass is 10.1.